The number of ketones is 1. The van der Waals surface area contributed by atoms with Crippen LogP contribution in [0.1, 0.15) is 6.92 Å². The van der Waals surface area contributed by atoms with Crippen molar-refractivity contribution >= 4 is 23.1 Å². The first kappa shape index (κ1) is 18.1. The van der Waals surface area contributed by atoms with E-state index in [0.29, 0.717) is 22.9 Å². The minimum absolute atomic E-state index is 0.0168. The van der Waals surface area contributed by atoms with E-state index in [9.17, 15) is 9.59 Å². The van der Waals surface area contributed by atoms with E-state index in [2.05, 4.69) is 10.6 Å². The number of methoxy groups -OCH3 is 2. The summed E-state index contributed by atoms with van der Waals surface area (Å²) in [5.74, 6) is 0.220. The number of amides is 1. The molecule has 0 aliphatic carbocycles. The van der Waals surface area contributed by atoms with Gasteiger partial charge in [0.1, 0.15) is 11.5 Å². The summed E-state index contributed by atoms with van der Waals surface area (Å²) in [4.78, 5) is 24.3. The van der Waals surface area contributed by atoms with Gasteiger partial charge in [0.05, 0.1) is 31.2 Å². The van der Waals surface area contributed by atoms with E-state index in [-0.39, 0.29) is 11.4 Å². The van der Waals surface area contributed by atoms with Gasteiger partial charge < -0.3 is 20.1 Å². The van der Waals surface area contributed by atoms with Crippen molar-refractivity contribution in [3.05, 3.63) is 60.3 Å². The van der Waals surface area contributed by atoms with Gasteiger partial charge in [-0.25, -0.2) is 0 Å². The van der Waals surface area contributed by atoms with Gasteiger partial charge in [-0.2, -0.15) is 0 Å². The van der Waals surface area contributed by atoms with Crippen molar-refractivity contribution in [3.63, 3.8) is 0 Å². The molecule has 0 spiro atoms. The first-order valence-corrected chi connectivity index (χ1v) is 7.62. The first-order valence-electron chi connectivity index (χ1n) is 7.62. The third-order valence-electron chi connectivity index (χ3n) is 3.46. The molecule has 1 amide bonds. The number of anilines is 2. The molecule has 6 heteroatoms. The number of Topliss-reactive ketones (excluding diaryl/α,β-unsaturated/α-hetero) is 1. The van der Waals surface area contributed by atoms with Gasteiger partial charge in [-0.1, -0.05) is 24.3 Å². The van der Waals surface area contributed by atoms with Crippen LogP contribution in [0.5, 0.6) is 11.5 Å². The molecule has 2 aromatic carbocycles. The third-order valence-corrected chi connectivity index (χ3v) is 3.46. The molecule has 0 saturated carbocycles. The molecule has 0 atom stereocenters. The average Bonchev–Trinajstić information content (AvgIpc) is 2.62. The number of para-hydroxylation sites is 4. The lowest BCUT2D eigenvalue weighted by Gasteiger charge is -2.12. The van der Waals surface area contributed by atoms with Crippen LogP contribution >= 0.6 is 0 Å². The molecular weight excluding hydrogens is 320 g/mol. The lowest BCUT2D eigenvalue weighted by molar-refractivity contribution is -0.118. The number of rotatable bonds is 7. The van der Waals surface area contributed by atoms with E-state index in [1.165, 1.54) is 20.2 Å². The zero-order valence-corrected chi connectivity index (χ0v) is 14.3. The molecule has 6 nitrogen and oxygen atoms in total. The zero-order valence-electron chi connectivity index (χ0n) is 14.3. The van der Waals surface area contributed by atoms with Crippen LogP contribution in [-0.2, 0) is 9.59 Å². The average molecular weight is 340 g/mol. The minimum atomic E-state index is -0.528. The van der Waals surface area contributed by atoms with Crippen LogP contribution in [0.15, 0.2) is 60.3 Å². The van der Waals surface area contributed by atoms with Crippen LogP contribution in [0.3, 0.4) is 0 Å². The number of benzene rings is 2. The van der Waals surface area contributed by atoms with E-state index in [1.54, 1.807) is 43.5 Å². The van der Waals surface area contributed by atoms with Crippen LogP contribution in [0.2, 0.25) is 0 Å². The number of hydrogen-bond acceptors (Lipinski definition) is 5. The molecule has 0 radical (unpaired) electrons. The maximum atomic E-state index is 12.5. The van der Waals surface area contributed by atoms with Crippen molar-refractivity contribution in [1.82, 2.24) is 0 Å². The molecule has 0 aromatic heterocycles. The molecule has 0 heterocycles. The largest absolute Gasteiger partial charge is 0.495 e. The summed E-state index contributed by atoms with van der Waals surface area (Å²) in [5, 5.41) is 5.62. The summed E-state index contributed by atoms with van der Waals surface area (Å²) in [6, 6.07) is 14.2. The molecule has 2 N–H and O–H groups in total. The van der Waals surface area contributed by atoms with Crippen LogP contribution in [0.4, 0.5) is 11.4 Å². The van der Waals surface area contributed by atoms with E-state index >= 15 is 0 Å². The maximum absolute atomic E-state index is 12.5. The van der Waals surface area contributed by atoms with E-state index in [1.807, 2.05) is 12.1 Å². The second-order valence-corrected chi connectivity index (χ2v) is 5.11. The Bertz CT molecular complexity index is 800. The van der Waals surface area contributed by atoms with E-state index < -0.39 is 5.91 Å². The predicted octanol–water partition coefficient (Wildman–Crippen LogP) is 3.23. The van der Waals surface area contributed by atoms with Gasteiger partial charge in [0.25, 0.3) is 5.91 Å². The van der Waals surface area contributed by atoms with Crippen LogP contribution in [0.25, 0.3) is 0 Å². The second-order valence-electron chi connectivity index (χ2n) is 5.11. The van der Waals surface area contributed by atoms with Crippen molar-refractivity contribution in [2.75, 3.05) is 24.9 Å². The number of carbonyl (C=O) groups is 2. The summed E-state index contributed by atoms with van der Waals surface area (Å²) < 4.78 is 10.4. The topological polar surface area (TPSA) is 76.7 Å². The number of hydrogen-bond donors (Lipinski definition) is 2. The number of ether oxygens (including phenoxy) is 2. The van der Waals surface area contributed by atoms with Crippen molar-refractivity contribution in [2.24, 2.45) is 0 Å². The fourth-order valence-electron chi connectivity index (χ4n) is 2.18. The Morgan fingerprint density at radius 3 is 1.96 bits per heavy atom. The van der Waals surface area contributed by atoms with Gasteiger partial charge in [-0.05, 0) is 31.2 Å². The summed E-state index contributed by atoms with van der Waals surface area (Å²) in [7, 11) is 3.06. The third kappa shape index (κ3) is 4.60. The van der Waals surface area contributed by atoms with Crippen LogP contribution < -0.4 is 20.1 Å². The van der Waals surface area contributed by atoms with Crippen LogP contribution in [0, 0.1) is 0 Å². The fraction of sp³-hybridized carbons (Fsp3) is 0.158. The van der Waals surface area contributed by atoms with E-state index in [4.69, 9.17) is 9.47 Å². The second kappa shape index (κ2) is 8.54. The SMILES string of the molecule is COc1ccccc1N/C=C(/C(C)=O)C(=O)Nc1ccccc1OC. The van der Waals surface area contributed by atoms with Crippen molar-refractivity contribution in [2.45, 2.75) is 6.92 Å². The summed E-state index contributed by atoms with van der Waals surface area (Å²) in [6.07, 6.45) is 1.37. The van der Waals surface area contributed by atoms with Crippen LogP contribution in [-0.4, -0.2) is 25.9 Å². The van der Waals surface area contributed by atoms with Crippen molar-refractivity contribution in [3.8, 4) is 11.5 Å². The summed E-state index contributed by atoms with van der Waals surface area (Å²) in [5.41, 5.74) is 1.12. The van der Waals surface area contributed by atoms with Gasteiger partial charge in [0, 0.05) is 6.20 Å². The molecule has 0 aliphatic heterocycles. The predicted molar refractivity (Wildman–Crippen MR) is 97.0 cm³/mol. The standard InChI is InChI=1S/C19H20N2O4/c1-13(22)14(12-20-15-8-4-6-10-17(15)24-2)19(23)21-16-9-5-7-11-18(16)25-3/h4-12,20H,1-3H3,(H,21,23)/b14-12-. The highest BCUT2D eigenvalue weighted by molar-refractivity contribution is 6.23. The first-order chi connectivity index (χ1) is 12.1. The van der Waals surface area contributed by atoms with Gasteiger partial charge in [-0.15, -0.1) is 0 Å². The molecule has 130 valence electrons. The Hall–Kier alpha value is -3.28. The highest BCUT2D eigenvalue weighted by Crippen LogP contribution is 2.25. The Kier molecular flexibility index (Phi) is 6.17. The molecule has 2 aromatic rings. The lowest BCUT2D eigenvalue weighted by Crippen LogP contribution is -2.20. The lowest BCUT2D eigenvalue weighted by atomic mass is 10.1. The molecule has 0 saturated heterocycles. The molecule has 0 unspecified atom stereocenters. The van der Waals surface area contributed by atoms with Gasteiger partial charge in [-0.3, -0.25) is 9.59 Å². The Labute approximate surface area is 146 Å². The normalized spacial score (nSPS) is 10.8. The maximum Gasteiger partial charge on any atom is 0.260 e. The Balaban J connectivity index is 2.22. The highest BCUT2D eigenvalue weighted by Gasteiger charge is 2.16. The Morgan fingerprint density at radius 2 is 1.40 bits per heavy atom. The molecule has 0 fully saturated rings. The van der Waals surface area contributed by atoms with E-state index in [0.717, 1.165) is 0 Å². The minimum Gasteiger partial charge on any atom is -0.495 e. The monoisotopic (exact) mass is 340 g/mol. The number of carbonyl (C=O) groups excluding carboxylic acids is 2. The van der Waals surface area contributed by atoms with Gasteiger partial charge in [0.2, 0.25) is 0 Å². The molecule has 25 heavy (non-hydrogen) atoms. The zero-order chi connectivity index (χ0) is 18.2. The smallest absolute Gasteiger partial charge is 0.260 e. The van der Waals surface area contributed by atoms with Crippen molar-refractivity contribution in [1.29, 1.82) is 0 Å². The van der Waals surface area contributed by atoms with Gasteiger partial charge in [0.15, 0.2) is 5.78 Å². The molecule has 2 rings (SSSR count). The quantitative estimate of drug-likeness (QED) is 0.460. The number of nitrogens with one attached hydrogen (secondary N) is 2. The molecule has 0 aliphatic rings. The van der Waals surface area contributed by atoms with Crippen molar-refractivity contribution < 1.29 is 19.1 Å². The fourth-order valence-corrected chi connectivity index (χ4v) is 2.18. The summed E-state index contributed by atoms with van der Waals surface area (Å²) >= 11 is 0. The van der Waals surface area contributed by atoms with Gasteiger partial charge >= 0.3 is 0 Å². The molecular formula is C19H20N2O4. The Morgan fingerprint density at radius 1 is 0.880 bits per heavy atom. The molecule has 0 bridgehead atoms. The highest BCUT2D eigenvalue weighted by atomic mass is 16.5. The summed E-state index contributed by atoms with van der Waals surface area (Å²) in [6.45, 7) is 1.33.